The first-order valence-electron chi connectivity index (χ1n) is 18.3. The molecule has 0 aliphatic carbocycles. The lowest BCUT2D eigenvalue weighted by atomic mass is 9.73. The summed E-state index contributed by atoms with van der Waals surface area (Å²) >= 11 is 0. The topological polar surface area (TPSA) is 101 Å². The lowest BCUT2D eigenvalue weighted by molar-refractivity contribution is 0.0786. The van der Waals surface area contributed by atoms with E-state index < -0.39 is 23.9 Å². The van der Waals surface area contributed by atoms with Gasteiger partial charge in [0.05, 0.1) is 16.8 Å². The molecule has 0 amide bonds. The molecule has 8 heteroatoms. The Balaban J connectivity index is 0.000000190. The van der Waals surface area contributed by atoms with Gasteiger partial charge in [0.2, 0.25) is 0 Å². The highest BCUT2D eigenvalue weighted by molar-refractivity contribution is 6.59. The number of hydrogen-bond donors (Lipinski definition) is 5. The van der Waals surface area contributed by atoms with Crippen molar-refractivity contribution in [3.8, 4) is 22.3 Å². The second-order valence-electron chi connectivity index (χ2n) is 15.2. The fourth-order valence-corrected chi connectivity index (χ4v) is 6.92. The van der Waals surface area contributed by atoms with Crippen LogP contribution in [-0.2, 0) is 16.8 Å². The summed E-state index contributed by atoms with van der Waals surface area (Å²) in [6.07, 6.45) is 0. The van der Waals surface area contributed by atoms with E-state index in [1.165, 1.54) is 0 Å². The quantitative estimate of drug-likeness (QED) is 0.124. The maximum Gasteiger partial charge on any atom is 0.488 e. The summed E-state index contributed by atoms with van der Waals surface area (Å²) in [4.78, 5) is 0. The first-order valence-corrected chi connectivity index (χ1v) is 18.3. The minimum absolute atomic E-state index is 0.343. The molecule has 274 valence electrons. The summed E-state index contributed by atoms with van der Waals surface area (Å²) in [6.45, 7) is 10.5. The normalized spacial score (nSPS) is 11.7. The van der Waals surface area contributed by atoms with Crippen molar-refractivity contribution in [2.24, 2.45) is 0 Å². The third kappa shape index (κ3) is 9.66. The molecular weight excluding hydrogens is 677 g/mol. The zero-order valence-corrected chi connectivity index (χ0v) is 32.3. The molecule has 4 radical (unpaired) electrons. The lowest BCUT2D eigenvalue weighted by Crippen LogP contribution is -2.37. The Bertz CT molecular complexity index is 2260. The fraction of sp³-hybridized carbons (Fsp3) is 0.191. The molecule has 7 aromatic carbocycles. The van der Waals surface area contributed by atoms with Gasteiger partial charge in [-0.25, -0.2) is 0 Å². The SMILES string of the molecule is CC(C)(O)c1ccccc1-c1cccc2c(-c3ccccc3C(C)(C)O)cccc12.CC(C)(O)c1ccccc1B(O)O.[B]c1cccc2c([B])cccc12. The number of fused-ring (bicyclic) bond motifs is 2. The van der Waals surface area contributed by atoms with Crippen LogP contribution in [0.5, 0.6) is 0 Å². The average molecular weight is 724 g/mol. The molecule has 0 heterocycles. The standard InChI is InChI=1S/C28H28O2.C10H6B2.C9H13BO3/c1-27(2,29)25-17-7-5-11-23(25)21-15-9-14-20-19(21)13-10-16-22(20)24-12-6-8-18-26(24)28(3,4)30;11-9-5-1-3-7-8(9)4-2-6-10(7)12;1-9(2,11)7-5-3-4-6-8(7)10(12)13/h5-18,29-30H,1-4H3;1-6H;3-6,11-13H,1-2H3. The van der Waals surface area contributed by atoms with Gasteiger partial charge in [-0.1, -0.05) is 157 Å². The van der Waals surface area contributed by atoms with E-state index in [1.54, 1.807) is 38.1 Å². The molecular formula is C47H47B3O5. The molecule has 0 aliphatic heterocycles. The van der Waals surface area contributed by atoms with E-state index in [0.717, 1.165) is 65.9 Å². The Labute approximate surface area is 327 Å². The van der Waals surface area contributed by atoms with Gasteiger partial charge >= 0.3 is 7.12 Å². The van der Waals surface area contributed by atoms with E-state index in [2.05, 4.69) is 48.5 Å². The van der Waals surface area contributed by atoms with Crippen molar-refractivity contribution >= 4 is 60.7 Å². The molecule has 7 rings (SSSR count). The van der Waals surface area contributed by atoms with Crippen molar-refractivity contribution in [1.29, 1.82) is 0 Å². The Morgan fingerprint density at radius 1 is 0.364 bits per heavy atom. The van der Waals surface area contributed by atoms with E-state index >= 15 is 0 Å². The number of hydrogen-bond acceptors (Lipinski definition) is 5. The summed E-state index contributed by atoms with van der Waals surface area (Å²) in [5, 5.41) is 53.5. The molecule has 0 spiro atoms. The Morgan fingerprint density at radius 2 is 0.673 bits per heavy atom. The molecule has 0 atom stereocenters. The van der Waals surface area contributed by atoms with Crippen LogP contribution in [0.15, 0.2) is 146 Å². The van der Waals surface area contributed by atoms with Crippen molar-refractivity contribution < 1.29 is 25.4 Å². The van der Waals surface area contributed by atoms with Gasteiger partial charge in [0, 0.05) is 0 Å². The fourth-order valence-electron chi connectivity index (χ4n) is 6.92. The highest BCUT2D eigenvalue weighted by Gasteiger charge is 2.25. The third-order valence-electron chi connectivity index (χ3n) is 9.56. The van der Waals surface area contributed by atoms with Crippen molar-refractivity contribution in [1.82, 2.24) is 0 Å². The first-order chi connectivity index (χ1) is 25.9. The van der Waals surface area contributed by atoms with Crippen molar-refractivity contribution in [3.63, 3.8) is 0 Å². The predicted octanol–water partition coefficient (Wildman–Crippen LogP) is 6.65. The summed E-state index contributed by atoms with van der Waals surface area (Å²) in [7, 11) is 10.00. The van der Waals surface area contributed by atoms with E-state index in [0.29, 0.717) is 11.0 Å². The minimum atomic E-state index is -1.54. The Kier molecular flexibility index (Phi) is 12.6. The van der Waals surface area contributed by atoms with Crippen LogP contribution in [0.2, 0.25) is 0 Å². The summed E-state index contributed by atoms with van der Waals surface area (Å²) < 4.78 is 0. The van der Waals surface area contributed by atoms with Gasteiger partial charge in [-0.05, 0) is 107 Å². The van der Waals surface area contributed by atoms with E-state index in [1.807, 2.05) is 100 Å². The molecule has 0 aliphatic rings. The third-order valence-corrected chi connectivity index (χ3v) is 9.56. The van der Waals surface area contributed by atoms with Gasteiger partial charge in [-0.15, -0.1) is 0 Å². The van der Waals surface area contributed by atoms with Crippen LogP contribution in [0.4, 0.5) is 0 Å². The van der Waals surface area contributed by atoms with Crippen LogP contribution in [0, 0.1) is 0 Å². The van der Waals surface area contributed by atoms with Crippen LogP contribution in [0.1, 0.15) is 58.2 Å². The Hall–Kier alpha value is -4.95. The van der Waals surface area contributed by atoms with Gasteiger partial charge in [0.15, 0.2) is 0 Å². The van der Waals surface area contributed by atoms with Crippen molar-refractivity contribution in [2.75, 3.05) is 0 Å². The smallest absolute Gasteiger partial charge is 0.423 e. The summed E-state index contributed by atoms with van der Waals surface area (Å²) in [5.74, 6) is 0. The average Bonchev–Trinajstić information content (AvgIpc) is 3.14. The van der Waals surface area contributed by atoms with Gasteiger partial charge < -0.3 is 25.4 Å². The number of rotatable bonds is 6. The number of aliphatic hydroxyl groups is 3. The van der Waals surface area contributed by atoms with Crippen LogP contribution >= 0.6 is 0 Å². The highest BCUT2D eigenvalue weighted by Crippen LogP contribution is 2.40. The summed E-state index contributed by atoms with van der Waals surface area (Å²) in [6, 6.07) is 46.9. The Morgan fingerprint density at radius 3 is 1.04 bits per heavy atom. The molecule has 5 nitrogen and oxygen atoms in total. The zero-order valence-electron chi connectivity index (χ0n) is 32.3. The first kappa shape index (κ1) is 41.2. The highest BCUT2D eigenvalue weighted by atomic mass is 16.4. The predicted molar refractivity (Wildman–Crippen MR) is 232 cm³/mol. The van der Waals surface area contributed by atoms with Gasteiger partial charge in [0.1, 0.15) is 15.7 Å². The zero-order chi connectivity index (χ0) is 40.1. The molecule has 0 saturated heterocycles. The van der Waals surface area contributed by atoms with Crippen molar-refractivity contribution in [2.45, 2.75) is 58.3 Å². The van der Waals surface area contributed by atoms with Crippen LogP contribution in [0.25, 0.3) is 43.8 Å². The maximum atomic E-state index is 10.7. The molecule has 7 aromatic rings. The largest absolute Gasteiger partial charge is 0.488 e. The van der Waals surface area contributed by atoms with Gasteiger partial charge in [0.25, 0.3) is 0 Å². The van der Waals surface area contributed by atoms with Crippen LogP contribution < -0.4 is 16.4 Å². The molecule has 0 unspecified atom stereocenters. The monoisotopic (exact) mass is 724 g/mol. The lowest BCUT2D eigenvalue weighted by Gasteiger charge is -2.24. The minimum Gasteiger partial charge on any atom is -0.423 e. The van der Waals surface area contributed by atoms with E-state index in [9.17, 15) is 15.3 Å². The molecule has 5 N–H and O–H groups in total. The molecule has 55 heavy (non-hydrogen) atoms. The van der Waals surface area contributed by atoms with Crippen LogP contribution in [-0.4, -0.2) is 48.2 Å². The molecule has 0 fully saturated rings. The van der Waals surface area contributed by atoms with Crippen molar-refractivity contribution in [3.05, 3.63) is 162 Å². The van der Waals surface area contributed by atoms with E-state index in [-0.39, 0.29) is 0 Å². The van der Waals surface area contributed by atoms with Gasteiger partial charge in [-0.2, -0.15) is 0 Å². The summed E-state index contributed by atoms with van der Waals surface area (Å²) in [5.41, 5.74) is 5.54. The van der Waals surface area contributed by atoms with Crippen LogP contribution in [0.3, 0.4) is 0 Å². The second-order valence-corrected chi connectivity index (χ2v) is 15.2. The van der Waals surface area contributed by atoms with Gasteiger partial charge in [-0.3, -0.25) is 0 Å². The second kappa shape index (κ2) is 16.8. The maximum absolute atomic E-state index is 10.7. The number of benzene rings is 7. The molecule has 0 bridgehead atoms. The molecule has 0 saturated carbocycles. The van der Waals surface area contributed by atoms with E-state index in [4.69, 9.17) is 25.7 Å². The molecule has 0 aromatic heterocycles.